The van der Waals surface area contributed by atoms with Gasteiger partial charge < -0.3 is 10.2 Å². The summed E-state index contributed by atoms with van der Waals surface area (Å²) in [6.45, 7) is 6.86. The van der Waals surface area contributed by atoms with E-state index in [9.17, 15) is 18.0 Å². The fraction of sp³-hybridized carbons (Fsp3) is 0.391. The highest BCUT2D eigenvalue weighted by Crippen LogP contribution is 2.22. The molecule has 0 aliphatic carbocycles. The molecule has 10 heteroatoms. The summed E-state index contributed by atoms with van der Waals surface area (Å²) in [5, 5.41) is 3.33. The zero-order valence-corrected chi connectivity index (χ0v) is 22.5. The van der Waals surface area contributed by atoms with E-state index in [2.05, 4.69) is 21.2 Å². The van der Waals surface area contributed by atoms with Gasteiger partial charge in [0.15, 0.2) is 0 Å². The fourth-order valence-corrected chi connectivity index (χ4v) is 4.53. The number of sulfonamides is 1. The highest BCUT2D eigenvalue weighted by atomic mass is 79.9. The molecule has 0 bridgehead atoms. The number of hydrogen-bond acceptors (Lipinski definition) is 4. The summed E-state index contributed by atoms with van der Waals surface area (Å²) in [4.78, 5) is 27.7. The van der Waals surface area contributed by atoms with Crippen LogP contribution in [0.15, 0.2) is 53.0 Å². The number of rotatable bonds is 8. The zero-order chi connectivity index (χ0) is 25.0. The highest BCUT2D eigenvalue weighted by molar-refractivity contribution is 9.10. The lowest BCUT2D eigenvalue weighted by atomic mass is 10.1. The summed E-state index contributed by atoms with van der Waals surface area (Å²) in [6.07, 6.45) is 1.03. The van der Waals surface area contributed by atoms with Crippen LogP contribution in [0.4, 0.5) is 5.69 Å². The maximum Gasteiger partial charge on any atom is 0.244 e. The van der Waals surface area contributed by atoms with Crippen molar-refractivity contribution in [3.8, 4) is 0 Å². The Labute approximate surface area is 209 Å². The minimum absolute atomic E-state index is 0.134. The van der Waals surface area contributed by atoms with E-state index in [1.165, 1.54) is 17.0 Å². The third kappa shape index (κ3) is 8.32. The molecule has 2 amide bonds. The molecule has 1 atom stereocenters. The van der Waals surface area contributed by atoms with E-state index in [4.69, 9.17) is 11.6 Å². The molecule has 0 saturated heterocycles. The van der Waals surface area contributed by atoms with E-state index >= 15 is 0 Å². The predicted octanol–water partition coefficient (Wildman–Crippen LogP) is 4.20. The Kier molecular flexibility index (Phi) is 8.95. The highest BCUT2D eigenvalue weighted by Gasteiger charge is 2.31. The molecule has 7 nitrogen and oxygen atoms in total. The summed E-state index contributed by atoms with van der Waals surface area (Å²) in [7, 11) is -3.78. The van der Waals surface area contributed by atoms with Gasteiger partial charge in [-0.15, -0.1) is 0 Å². The molecule has 0 aromatic heterocycles. The van der Waals surface area contributed by atoms with Gasteiger partial charge in [-0.2, -0.15) is 0 Å². The molecule has 0 saturated carbocycles. The SMILES string of the molecule is C[C@@H](C(=O)NC(C)(C)C)N(Cc1cccc(Br)c1)C(=O)CN(c1ccc(Cl)cc1)S(C)(=O)=O. The average molecular weight is 559 g/mol. The molecule has 0 heterocycles. The number of carbonyl (C=O) groups excluding carboxylic acids is 2. The Hall–Kier alpha value is -2.10. The molecule has 2 aromatic rings. The van der Waals surface area contributed by atoms with Crippen LogP contribution in [0.3, 0.4) is 0 Å². The Bertz CT molecular complexity index is 1100. The first kappa shape index (κ1) is 27.1. The van der Waals surface area contributed by atoms with Crippen LogP contribution in [0.5, 0.6) is 0 Å². The van der Waals surface area contributed by atoms with Crippen LogP contribution in [0, 0.1) is 0 Å². The van der Waals surface area contributed by atoms with Crippen molar-refractivity contribution in [1.82, 2.24) is 10.2 Å². The number of nitrogens with one attached hydrogen (secondary N) is 1. The largest absolute Gasteiger partial charge is 0.350 e. The molecule has 0 aliphatic heterocycles. The molecule has 0 fully saturated rings. The van der Waals surface area contributed by atoms with Crippen molar-refractivity contribution in [2.45, 2.75) is 45.8 Å². The van der Waals surface area contributed by atoms with E-state index in [0.29, 0.717) is 10.7 Å². The molecule has 0 spiro atoms. The van der Waals surface area contributed by atoms with Crippen LogP contribution in [-0.4, -0.2) is 49.5 Å². The standard InChI is InChI=1S/C23H29BrClN3O4S/c1-16(22(30)26-23(2,3)4)27(14-17-7-6-8-18(24)13-17)21(29)15-28(33(5,31)32)20-11-9-19(25)10-12-20/h6-13,16H,14-15H2,1-5H3,(H,26,30)/t16-/m0/s1. The van der Waals surface area contributed by atoms with Gasteiger partial charge in [0.1, 0.15) is 12.6 Å². The van der Waals surface area contributed by atoms with Crippen molar-refractivity contribution in [2.24, 2.45) is 0 Å². The molecule has 1 N–H and O–H groups in total. The first-order valence-electron chi connectivity index (χ1n) is 10.3. The lowest BCUT2D eigenvalue weighted by molar-refractivity contribution is -0.140. The minimum Gasteiger partial charge on any atom is -0.350 e. The van der Waals surface area contributed by atoms with Crippen LogP contribution < -0.4 is 9.62 Å². The minimum atomic E-state index is -3.78. The smallest absolute Gasteiger partial charge is 0.244 e. The molecule has 180 valence electrons. The lowest BCUT2D eigenvalue weighted by Gasteiger charge is -2.33. The van der Waals surface area contributed by atoms with Gasteiger partial charge >= 0.3 is 0 Å². The van der Waals surface area contributed by atoms with Crippen LogP contribution >= 0.6 is 27.5 Å². The van der Waals surface area contributed by atoms with Crippen LogP contribution in [-0.2, 0) is 26.2 Å². The number of nitrogens with zero attached hydrogens (tertiary/aromatic N) is 2. The van der Waals surface area contributed by atoms with Crippen molar-refractivity contribution in [1.29, 1.82) is 0 Å². The number of halogens is 2. The lowest BCUT2D eigenvalue weighted by Crippen LogP contribution is -2.54. The van der Waals surface area contributed by atoms with Gasteiger partial charge in [0.25, 0.3) is 0 Å². The zero-order valence-electron chi connectivity index (χ0n) is 19.3. The summed E-state index contributed by atoms with van der Waals surface area (Å²) in [5.74, 6) is -0.838. The third-order valence-electron chi connectivity index (χ3n) is 4.70. The van der Waals surface area contributed by atoms with E-state index in [0.717, 1.165) is 20.6 Å². The van der Waals surface area contributed by atoms with Crippen molar-refractivity contribution < 1.29 is 18.0 Å². The monoisotopic (exact) mass is 557 g/mol. The second kappa shape index (κ2) is 10.9. The van der Waals surface area contributed by atoms with Crippen LogP contribution in [0.2, 0.25) is 5.02 Å². The van der Waals surface area contributed by atoms with Gasteiger partial charge in [0.05, 0.1) is 11.9 Å². The molecule has 33 heavy (non-hydrogen) atoms. The molecule has 2 aromatic carbocycles. The van der Waals surface area contributed by atoms with Gasteiger partial charge in [0.2, 0.25) is 21.8 Å². The van der Waals surface area contributed by atoms with Gasteiger partial charge in [-0.3, -0.25) is 13.9 Å². The van der Waals surface area contributed by atoms with Crippen molar-refractivity contribution in [3.63, 3.8) is 0 Å². The van der Waals surface area contributed by atoms with Crippen molar-refractivity contribution >= 4 is 55.1 Å². The summed E-state index contributed by atoms with van der Waals surface area (Å²) < 4.78 is 26.9. The van der Waals surface area contributed by atoms with Crippen LogP contribution in [0.25, 0.3) is 0 Å². The van der Waals surface area contributed by atoms with E-state index in [-0.39, 0.29) is 12.5 Å². The number of anilines is 1. The van der Waals surface area contributed by atoms with Gasteiger partial charge in [-0.1, -0.05) is 39.7 Å². The molecular formula is C23H29BrClN3O4S. The molecular weight excluding hydrogens is 530 g/mol. The topological polar surface area (TPSA) is 86.8 Å². The Morgan fingerprint density at radius 2 is 1.73 bits per heavy atom. The first-order chi connectivity index (χ1) is 15.2. The molecule has 0 radical (unpaired) electrons. The van der Waals surface area contributed by atoms with Crippen molar-refractivity contribution in [3.05, 3.63) is 63.6 Å². The maximum atomic E-state index is 13.4. The van der Waals surface area contributed by atoms with E-state index in [1.54, 1.807) is 19.1 Å². The Morgan fingerprint density at radius 1 is 1.12 bits per heavy atom. The fourth-order valence-electron chi connectivity index (χ4n) is 3.11. The first-order valence-corrected chi connectivity index (χ1v) is 13.3. The molecule has 0 aliphatic rings. The summed E-state index contributed by atoms with van der Waals surface area (Å²) in [5.41, 5.74) is 0.618. The quantitative estimate of drug-likeness (QED) is 0.526. The third-order valence-corrected chi connectivity index (χ3v) is 6.59. The molecule has 0 unspecified atom stereocenters. The average Bonchev–Trinajstić information content (AvgIpc) is 2.68. The van der Waals surface area contributed by atoms with Gasteiger partial charge in [0, 0.05) is 21.6 Å². The Balaban J connectivity index is 2.39. The van der Waals surface area contributed by atoms with Crippen LogP contribution in [0.1, 0.15) is 33.3 Å². The van der Waals surface area contributed by atoms with Gasteiger partial charge in [-0.25, -0.2) is 8.42 Å². The summed E-state index contributed by atoms with van der Waals surface area (Å²) in [6, 6.07) is 12.7. The second-order valence-corrected chi connectivity index (χ2v) is 12.1. The second-order valence-electron chi connectivity index (χ2n) is 8.81. The Morgan fingerprint density at radius 3 is 2.24 bits per heavy atom. The predicted molar refractivity (Wildman–Crippen MR) is 136 cm³/mol. The summed E-state index contributed by atoms with van der Waals surface area (Å²) >= 11 is 9.34. The maximum absolute atomic E-state index is 13.4. The number of amides is 2. The number of benzene rings is 2. The molecule has 2 rings (SSSR count). The van der Waals surface area contributed by atoms with Crippen molar-refractivity contribution in [2.75, 3.05) is 17.1 Å². The van der Waals surface area contributed by atoms with Gasteiger partial charge in [-0.05, 0) is 69.7 Å². The van der Waals surface area contributed by atoms with E-state index in [1.807, 2.05) is 45.0 Å². The van der Waals surface area contributed by atoms with E-state index < -0.39 is 34.1 Å². The number of carbonyl (C=O) groups is 2. The normalized spacial score (nSPS) is 12.7. The number of hydrogen-bond donors (Lipinski definition) is 1.